The summed E-state index contributed by atoms with van der Waals surface area (Å²) in [6, 6.07) is 9.41. The number of likely N-dealkylation sites (N-methyl/N-ethyl adjacent to an activating group) is 1. The Morgan fingerprint density at radius 2 is 1.82 bits per heavy atom. The fourth-order valence-electron chi connectivity index (χ4n) is 4.00. The summed E-state index contributed by atoms with van der Waals surface area (Å²) < 4.78 is 0. The second kappa shape index (κ2) is 5.60. The Labute approximate surface area is 139 Å². The molecule has 2 aromatic rings. The van der Waals surface area contributed by atoms with Crippen LogP contribution in [0.4, 0.5) is 0 Å². The molecule has 2 unspecified atom stereocenters. The zero-order valence-corrected chi connectivity index (χ0v) is 14.4. The van der Waals surface area contributed by atoms with E-state index in [-0.39, 0.29) is 0 Å². The Morgan fingerprint density at radius 1 is 1.14 bits per heavy atom. The summed E-state index contributed by atoms with van der Waals surface area (Å²) in [5.41, 5.74) is 0.453. The van der Waals surface area contributed by atoms with E-state index in [0.717, 1.165) is 22.2 Å². The fourth-order valence-corrected chi connectivity index (χ4v) is 5.68. The van der Waals surface area contributed by atoms with Crippen LogP contribution in [0.25, 0.3) is 0 Å². The van der Waals surface area contributed by atoms with Gasteiger partial charge in [-0.1, -0.05) is 17.7 Å². The predicted molar refractivity (Wildman–Crippen MR) is 93.5 cm³/mol. The lowest BCUT2D eigenvalue weighted by Gasteiger charge is -2.35. The molecule has 2 bridgehead atoms. The Morgan fingerprint density at radius 3 is 2.41 bits per heavy atom. The highest BCUT2D eigenvalue weighted by atomic mass is 32.1. The fraction of sp³-hybridized carbons (Fsp3) is 0.444. The molecule has 0 saturated carbocycles. The van der Waals surface area contributed by atoms with Gasteiger partial charge in [-0.25, -0.2) is 0 Å². The molecule has 22 heavy (non-hydrogen) atoms. The van der Waals surface area contributed by atoms with Crippen molar-refractivity contribution in [3.05, 3.63) is 56.4 Å². The first kappa shape index (κ1) is 14.6. The number of rotatable bonds is 3. The number of hydrogen-bond acceptors (Lipinski definition) is 4. The summed E-state index contributed by atoms with van der Waals surface area (Å²) >= 11 is 3.27. The lowest BCUT2D eigenvalue weighted by atomic mass is 9.89. The number of aliphatic hydroxyl groups is 1. The highest BCUT2D eigenvalue weighted by molar-refractivity contribution is 7.11. The maximum atomic E-state index is 11.5. The van der Waals surface area contributed by atoms with E-state index in [1.54, 1.807) is 22.7 Å². The van der Waals surface area contributed by atoms with Crippen molar-refractivity contribution in [2.24, 2.45) is 0 Å². The number of piperidine rings is 1. The van der Waals surface area contributed by atoms with Crippen LogP contribution >= 0.6 is 22.7 Å². The smallest absolute Gasteiger partial charge is 0.152 e. The molecule has 2 fully saturated rings. The van der Waals surface area contributed by atoms with Gasteiger partial charge in [0.05, 0.1) is 0 Å². The van der Waals surface area contributed by atoms with E-state index in [4.69, 9.17) is 0 Å². The molecular formula is C18H21NOS2. The van der Waals surface area contributed by atoms with Crippen LogP contribution in [0.3, 0.4) is 0 Å². The van der Waals surface area contributed by atoms with Crippen LogP contribution in [0.2, 0.25) is 0 Å². The van der Waals surface area contributed by atoms with Crippen molar-refractivity contribution in [3.63, 3.8) is 0 Å². The number of fused-ring (bicyclic) bond motifs is 2. The van der Waals surface area contributed by atoms with Gasteiger partial charge in [-0.05, 0) is 61.7 Å². The predicted octanol–water partition coefficient (Wildman–Crippen LogP) is 4.23. The lowest BCUT2D eigenvalue weighted by molar-refractivity contribution is 0.137. The molecule has 1 N–H and O–H groups in total. The topological polar surface area (TPSA) is 23.5 Å². The largest absolute Gasteiger partial charge is 0.375 e. The molecule has 2 aliphatic heterocycles. The zero-order valence-electron chi connectivity index (χ0n) is 12.7. The third-order valence-electron chi connectivity index (χ3n) is 5.22. The van der Waals surface area contributed by atoms with E-state index in [2.05, 4.69) is 18.0 Å². The van der Waals surface area contributed by atoms with E-state index in [9.17, 15) is 5.11 Å². The van der Waals surface area contributed by atoms with Gasteiger partial charge in [-0.3, -0.25) is 4.90 Å². The lowest BCUT2D eigenvalue weighted by Crippen LogP contribution is -2.38. The van der Waals surface area contributed by atoms with E-state index < -0.39 is 5.60 Å². The summed E-state index contributed by atoms with van der Waals surface area (Å²) in [7, 11) is 2.24. The minimum Gasteiger partial charge on any atom is -0.375 e. The Hall–Kier alpha value is -0.940. The van der Waals surface area contributed by atoms with E-state index in [0.29, 0.717) is 6.04 Å². The quantitative estimate of drug-likeness (QED) is 0.851. The molecule has 2 nitrogen and oxygen atoms in total. The van der Waals surface area contributed by atoms with Gasteiger partial charge in [-0.2, -0.15) is 0 Å². The van der Waals surface area contributed by atoms with Crippen LogP contribution in [0.15, 0.2) is 46.7 Å². The van der Waals surface area contributed by atoms with E-state index in [1.807, 2.05) is 35.0 Å². The Bertz CT molecular complexity index is 625. The van der Waals surface area contributed by atoms with Crippen LogP contribution in [-0.4, -0.2) is 29.1 Å². The highest BCUT2D eigenvalue weighted by Crippen LogP contribution is 2.43. The van der Waals surface area contributed by atoms with Gasteiger partial charge in [0.25, 0.3) is 0 Å². The molecule has 0 radical (unpaired) electrons. The third-order valence-corrected chi connectivity index (χ3v) is 7.21. The van der Waals surface area contributed by atoms with Gasteiger partial charge in [0, 0.05) is 21.8 Å². The van der Waals surface area contributed by atoms with Crippen molar-refractivity contribution in [1.29, 1.82) is 0 Å². The maximum absolute atomic E-state index is 11.5. The monoisotopic (exact) mass is 331 g/mol. The molecule has 4 heterocycles. The first-order chi connectivity index (χ1) is 10.7. The van der Waals surface area contributed by atoms with Crippen LogP contribution in [0, 0.1) is 0 Å². The van der Waals surface area contributed by atoms with Crippen LogP contribution in [0.5, 0.6) is 0 Å². The van der Waals surface area contributed by atoms with Gasteiger partial charge in [0.1, 0.15) is 0 Å². The first-order valence-electron chi connectivity index (χ1n) is 7.92. The normalized spacial score (nSPS) is 27.6. The van der Waals surface area contributed by atoms with Gasteiger partial charge in [0.2, 0.25) is 0 Å². The first-order valence-corrected chi connectivity index (χ1v) is 9.68. The van der Waals surface area contributed by atoms with Crippen molar-refractivity contribution in [3.8, 4) is 0 Å². The summed E-state index contributed by atoms with van der Waals surface area (Å²) in [6.07, 6.45) is 7.04. The van der Waals surface area contributed by atoms with Crippen molar-refractivity contribution in [2.45, 2.75) is 43.4 Å². The summed E-state index contributed by atoms with van der Waals surface area (Å²) in [5.74, 6) is 0. The Kier molecular flexibility index (Phi) is 3.73. The molecule has 4 rings (SSSR count). The molecule has 2 saturated heterocycles. The standard InChI is InChI=1S/C18H21NOS2/c1-19-14-7-6-13(15(19)9-8-14)12-18(20,16-4-2-10-21-16)17-5-3-11-22-17/h2-5,10-12,14-15,20H,6-9H2,1H3. The molecule has 0 amide bonds. The Balaban J connectivity index is 1.78. The summed E-state index contributed by atoms with van der Waals surface area (Å²) in [4.78, 5) is 4.55. The van der Waals surface area contributed by atoms with Gasteiger partial charge in [0.15, 0.2) is 5.60 Å². The van der Waals surface area contributed by atoms with Gasteiger partial charge in [-0.15, -0.1) is 22.7 Å². The molecule has 2 aliphatic rings. The van der Waals surface area contributed by atoms with Crippen LogP contribution in [0.1, 0.15) is 35.4 Å². The number of thiophene rings is 2. The molecule has 0 spiro atoms. The summed E-state index contributed by atoms with van der Waals surface area (Å²) in [6.45, 7) is 0. The highest BCUT2D eigenvalue weighted by Gasteiger charge is 2.40. The molecule has 2 aromatic heterocycles. The zero-order chi connectivity index (χ0) is 15.2. The second-order valence-corrected chi connectivity index (χ2v) is 8.29. The number of nitrogens with zero attached hydrogens (tertiary/aromatic N) is 1. The minimum atomic E-state index is -0.964. The SMILES string of the molecule is CN1C2CCC(=CC(O)(c3cccs3)c3cccs3)C1CC2. The van der Waals surface area contributed by atoms with E-state index in [1.165, 1.54) is 24.8 Å². The maximum Gasteiger partial charge on any atom is 0.152 e. The average Bonchev–Trinajstić information content (AvgIpc) is 3.24. The van der Waals surface area contributed by atoms with Gasteiger partial charge >= 0.3 is 0 Å². The van der Waals surface area contributed by atoms with Gasteiger partial charge < -0.3 is 5.11 Å². The van der Waals surface area contributed by atoms with Crippen molar-refractivity contribution in [1.82, 2.24) is 4.90 Å². The average molecular weight is 332 g/mol. The van der Waals surface area contributed by atoms with Crippen LogP contribution < -0.4 is 0 Å². The molecule has 0 aromatic carbocycles. The minimum absolute atomic E-state index is 0.519. The van der Waals surface area contributed by atoms with Crippen molar-refractivity contribution >= 4 is 22.7 Å². The third kappa shape index (κ3) is 2.29. The van der Waals surface area contributed by atoms with Crippen LogP contribution in [-0.2, 0) is 5.60 Å². The molecular weight excluding hydrogens is 310 g/mol. The van der Waals surface area contributed by atoms with Crippen molar-refractivity contribution in [2.75, 3.05) is 7.05 Å². The summed E-state index contributed by atoms with van der Waals surface area (Å²) in [5, 5.41) is 15.6. The molecule has 4 heteroatoms. The molecule has 116 valence electrons. The second-order valence-electron chi connectivity index (χ2n) is 6.39. The van der Waals surface area contributed by atoms with Crippen molar-refractivity contribution < 1.29 is 5.11 Å². The molecule has 2 atom stereocenters. The van der Waals surface area contributed by atoms with E-state index >= 15 is 0 Å². The number of hydrogen-bond donors (Lipinski definition) is 1. The molecule has 0 aliphatic carbocycles.